The molecule has 1 unspecified atom stereocenters. The van der Waals surface area contributed by atoms with E-state index in [-0.39, 0.29) is 5.60 Å². The van der Waals surface area contributed by atoms with Gasteiger partial charge in [0.05, 0.1) is 5.60 Å². The van der Waals surface area contributed by atoms with Crippen LogP contribution < -0.4 is 5.32 Å². The maximum Gasteiger partial charge on any atom is 0.0837 e. The van der Waals surface area contributed by atoms with Crippen molar-refractivity contribution in [3.05, 3.63) is 0 Å². The van der Waals surface area contributed by atoms with Crippen molar-refractivity contribution in [2.24, 2.45) is 0 Å². The number of nitrogens with one attached hydrogen (secondary N) is 1. The van der Waals surface area contributed by atoms with Crippen molar-refractivity contribution in [3.8, 4) is 0 Å². The first-order chi connectivity index (χ1) is 7.41. The Bertz CT molecular complexity index is 214. The standard InChI is InChI=1S/C12H22N2O/c1-2-5-12(4-1)11(3-10-15-12)14-8-6-13-7-9-14/h11,13H,1-10H2. The number of hydrogen-bond acceptors (Lipinski definition) is 3. The summed E-state index contributed by atoms with van der Waals surface area (Å²) in [7, 11) is 0. The monoisotopic (exact) mass is 210 g/mol. The van der Waals surface area contributed by atoms with Crippen LogP contribution in [0.15, 0.2) is 0 Å². The second kappa shape index (κ2) is 4.04. The van der Waals surface area contributed by atoms with Gasteiger partial charge in [0.25, 0.3) is 0 Å². The van der Waals surface area contributed by atoms with E-state index < -0.39 is 0 Å². The predicted octanol–water partition coefficient (Wildman–Crippen LogP) is 0.993. The average Bonchev–Trinajstić information content (AvgIpc) is 2.91. The third kappa shape index (κ3) is 1.71. The van der Waals surface area contributed by atoms with Gasteiger partial charge >= 0.3 is 0 Å². The first-order valence-corrected chi connectivity index (χ1v) is 6.49. The molecule has 0 bridgehead atoms. The molecule has 0 amide bonds. The number of nitrogens with zero attached hydrogens (tertiary/aromatic N) is 1. The van der Waals surface area contributed by atoms with Crippen molar-refractivity contribution in [2.75, 3.05) is 32.8 Å². The Morgan fingerprint density at radius 2 is 1.87 bits per heavy atom. The molecule has 0 radical (unpaired) electrons. The van der Waals surface area contributed by atoms with E-state index in [1.165, 1.54) is 45.2 Å². The van der Waals surface area contributed by atoms with Gasteiger partial charge in [-0.05, 0) is 19.3 Å². The minimum absolute atomic E-state index is 0.261. The van der Waals surface area contributed by atoms with E-state index in [9.17, 15) is 0 Å². The molecule has 3 nitrogen and oxygen atoms in total. The van der Waals surface area contributed by atoms with Gasteiger partial charge in [0.1, 0.15) is 0 Å². The Labute approximate surface area is 92.2 Å². The third-order valence-corrected chi connectivity index (χ3v) is 4.43. The summed E-state index contributed by atoms with van der Waals surface area (Å²) >= 11 is 0. The second-order valence-electron chi connectivity index (χ2n) is 5.21. The lowest BCUT2D eigenvalue weighted by Crippen LogP contribution is -2.55. The molecule has 2 saturated heterocycles. The van der Waals surface area contributed by atoms with E-state index in [0.29, 0.717) is 0 Å². The topological polar surface area (TPSA) is 24.5 Å². The van der Waals surface area contributed by atoms with Gasteiger partial charge in [-0.2, -0.15) is 0 Å². The van der Waals surface area contributed by atoms with Crippen LogP contribution in [0.1, 0.15) is 32.1 Å². The largest absolute Gasteiger partial charge is 0.373 e. The molecule has 2 aliphatic heterocycles. The molecule has 1 aliphatic carbocycles. The fourth-order valence-corrected chi connectivity index (χ4v) is 3.69. The summed E-state index contributed by atoms with van der Waals surface area (Å²) in [5, 5.41) is 3.43. The van der Waals surface area contributed by atoms with Crippen molar-refractivity contribution in [1.29, 1.82) is 0 Å². The van der Waals surface area contributed by atoms with E-state index in [1.54, 1.807) is 0 Å². The summed E-state index contributed by atoms with van der Waals surface area (Å²) in [6, 6.07) is 0.724. The van der Waals surface area contributed by atoms with E-state index in [2.05, 4.69) is 10.2 Å². The highest BCUT2D eigenvalue weighted by atomic mass is 16.5. The lowest BCUT2D eigenvalue weighted by Gasteiger charge is -2.40. The zero-order valence-corrected chi connectivity index (χ0v) is 9.50. The minimum atomic E-state index is 0.261. The van der Waals surface area contributed by atoms with Crippen LogP contribution in [0.3, 0.4) is 0 Å². The van der Waals surface area contributed by atoms with Crippen molar-refractivity contribution in [1.82, 2.24) is 10.2 Å². The van der Waals surface area contributed by atoms with Crippen LogP contribution in [-0.4, -0.2) is 49.3 Å². The van der Waals surface area contributed by atoms with Gasteiger partial charge in [-0.3, -0.25) is 4.90 Å². The molecule has 3 fully saturated rings. The summed E-state index contributed by atoms with van der Waals surface area (Å²) in [5.41, 5.74) is 0.261. The van der Waals surface area contributed by atoms with E-state index >= 15 is 0 Å². The molecule has 1 saturated carbocycles. The molecule has 1 N–H and O–H groups in total. The molecule has 3 heteroatoms. The Balaban J connectivity index is 1.72. The van der Waals surface area contributed by atoms with Gasteiger partial charge in [-0.15, -0.1) is 0 Å². The predicted molar refractivity (Wildman–Crippen MR) is 60.0 cm³/mol. The highest BCUT2D eigenvalue weighted by Crippen LogP contribution is 2.43. The van der Waals surface area contributed by atoms with Gasteiger partial charge in [0.15, 0.2) is 0 Å². The van der Waals surface area contributed by atoms with E-state index in [1.807, 2.05) is 0 Å². The number of piperazine rings is 1. The maximum atomic E-state index is 6.11. The van der Waals surface area contributed by atoms with Crippen molar-refractivity contribution >= 4 is 0 Å². The smallest absolute Gasteiger partial charge is 0.0837 e. The molecular weight excluding hydrogens is 188 g/mol. The van der Waals surface area contributed by atoms with Crippen LogP contribution in [0.5, 0.6) is 0 Å². The Morgan fingerprint density at radius 3 is 2.60 bits per heavy atom. The van der Waals surface area contributed by atoms with Crippen LogP contribution in [-0.2, 0) is 4.74 Å². The van der Waals surface area contributed by atoms with Crippen molar-refractivity contribution < 1.29 is 4.74 Å². The summed E-state index contributed by atoms with van der Waals surface area (Å²) in [5.74, 6) is 0. The maximum absolute atomic E-state index is 6.11. The summed E-state index contributed by atoms with van der Waals surface area (Å²) in [6.45, 7) is 5.75. The van der Waals surface area contributed by atoms with Gasteiger partial charge in [0, 0.05) is 38.8 Å². The quantitative estimate of drug-likeness (QED) is 0.698. The Hall–Kier alpha value is -0.120. The van der Waals surface area contributed by atoms with Crippen molar-refractivity contribution in [2.45, 2.75) is 43.7 Å². The highest BCUT2D eigenvalue weighted by Gasteiger charge is 2.48. The molecule has 1 spiro atoms. The summed E-state index contributed by atoms with van der Waals surface area (Å²) in [6.07, 6.45) is 6.63. The number of rotatable bonds is 1. The Kier molecular flexibility index (Phi) is 2.71. The number of ether oxygens (including phenoxy) is 1. The number of hydrogen-bond donors (Lipinski definition) is 1. The van der Waals surface area contributed by atoms with Gasteiger partial charge in [-0.1, -0.05) is 12.8 Å². The molecule has 1 atom stereocenters. The summed E-state index contributed by atoms with van der Waals surface area (Å²) in [4.78, 5) is 2.68. The molecule has 2 heterocycles. The molecule has 3 aliphatic rings. The zero-order chi connectivity index (χ0) is 10.1. The lowest BCUT2D eigenvalue weighted by molar-refractivity contribution is -0.0365. The van der Waals surface area contributed by atoms with Crippen LogP contribution >= 0.6 is 0 Å². The fraction of sp³-hybridized carbons (Fsp3) is 1.00. The van der Waals surface area contributed by atoms with Gasteiger partial charge in [0.2, 0.25) is 0 Å². The minimum Gasteiger partial charge on any atom is -0.373 e. The highest BCUT2D eigenvalue weighted by molar-refractivity contribution is 5.02. The molecule has 86 valence electrons. The lowest BCUT2D eigenvalue weighted by atomic mass is 9.91. The molecule has 3 rings (SSSR count). The second-order valence-corrected chi connectivity index (χ2v) is 5.21. The van der Waals surface area contributed by atoms with Gasteiger partial charge in [-0.25, -0.2) is 0 Å². The van der Waals surface area contributed by atoms with Crippen LogP contribution in [0.25, 0.3) is 0 Å². The van der Waals surface area contributed by atoms with Crippen LogP contribution in [0.4, 0.5) is 0 Å². The molecule has 0 aromatic rings. The molecule has 0 aromatic heterocycles. The normalized spacial score (nSPS) is 36.4. The average molecular weight is 210 g/mol. The SMILES string of the molecule is C1CCC2(C1)OCCC2N1CCNCC1. The van der Waals surface area contributed by atoms with E-state index in [4.69, 9.17) is 4.74 Å². The summed E-state index contributed by atoms with van der Waals surface area (Å²) < 4.78 is 6.11. The molecule has 0 aromatic carbocycles. The van der Waals surface area contributed by atoms with Crippen LogP contribution in [0.2, 0.25) is 0 Å². The molecular formula is C12H22N2O. The Morgan fingerprint density at radius 1 is 1.13 bits per heavy atom. The van der Waals surface area contributed by atoms with Crippen LogP contribution in [0, 0.1) is 0 Å². The first kappa shape index (κ1) is 10.1. The van der Waals surface area contributed by atoms with Crippen molar-refractivity contribution in [3.63, 3.8) is 0 Å². The van der Waals surface area contributed by atoms with Gasteiger partial charge < -0.3 is 10.1 Å². The first-order valence-electron chi connectivity index (χ1n) is 6.49. The third-order valence-electron chi connectivity index (χ3n) is 4.43. The fourth-order valence-electron chi connectivity index (χ4n) is 3.69. The van der Waals surface area contributed by atoms with E-state index in [0.717, 1.165) is 25.7 Å². The molecule has 15 heavy (non-hydrogen) atoms. The zero-order valence-electron chi connectivity index (χ0n) is 9.50.